The van der Waals surface area contributed by atoms with Crippen molar-refractivity contribution in [1.82, 2.24) is 4.90 Å². The third kappa shape index (κ3) is 4.62. The van der Waals surface area contributed by atoms with E-state index in [2.05, 4.69) is 18.7 Å². The minimum atomic E-state index is 0.352. The molecule has 0 spiro atoms. The van der Waals surface area contributed by atoms with Crippen LogP contribution in [0.4, 0.5) is 0 Å². The Hall–Kier alpha value is -0.410. The Bertz CT molecular complexity index is 206. The number of piperidine rings is 1. The second-order valence-electron chi connectivity index (χ2n) is 5.04. The highest BCUT2D eigenvalue weighted by atomic mass is 16.1. The normalized spacial score (nSPS) is 19.2. The van der Waals surface area contributed by atoms with E-state index in [-0.39, 0.29) is 0 Å². The monoisotopic (exact) mass is 226 g/mol. The molecule has 0 saturated carbocycles. The number of carbonyl (C=O) groups is 1. The number of carbonyl (C=O) groups excluding carboxylic acids is 1. The van der Waals surface area contributed by atoms with Crippen LogP contribution in [-0.2, 0) is 4.79 Å². The largest absolute Gasteiger partial charge is 0.328 e. The van der Waals surface area contributed by atoms with Crippen molar-refractivity contribution in [3.05, 3.63) is 0 Å². The van der Waals surface area contributed by atoms with Gasteiger partial charge in [0.25, 0.3) is 0 Å². The molecular weight excluding hydrogens is 200 g/mol. The lowest BCUT2D eigenvalue weighted by molar-refractivity contribution is -0.121. The summed E-state index contributed by atoms with van der Waals surface area (Å²) in [6.07, 6.45) is 5.08. The summed E-state index contributed by atoms with van der Waals surface area (Å²) < 4.78 is 0. The SMILES string of the molecule is CCC(CC)CC(=O)CN1CCC(N)CC1. The Balaban J connectivity index is 2.23. The summed E-state index contributed by atoms with van der Waals surface area (Å²) in [4.78, 5) is 14.1. The maximum absolute atomic E-state index is 11.8. The molecule has 1 rings (SSSR count). The number of rotatable bonds is 6. The van der Waals surface area contributed by atoms with E-state index in [0.29, 0.717) is 24.3 Å². The number of nitrogens with zero attached hydrogens (tertiary/aromatic N) is 1. The van der Waals surface area contributed by atoms with Gasteiger partial charge in [0, 0.05) is 25.6 Å². The Labute approximate surface area is 99.4 Å². The molecule has 0 aliphatic carbocycles. The van der Waals surface area contributed by atoms with Crippen LogP contribution in [0.5, 0.6) is 0 Å². The molecule has 0 aromatic rings. The Kier molecular flexibility index (Phi) is 5.99. The number of likely N-dealkylation sites (tertiary alicyclic amines) is 1. The highest BCUT2D eigenvalue weighted by Gasteiger charge is 2.19. The number of nitrogens with two attached hydrogens (primary N) is 1. The first kappa shape index (κ1) is 13.7. The van der Waals surface area contributed by atoms with Crippen molar-refractivity contribution in [3.8, 4) is 0 Å². The average Bonchev–Trinajstić information content (AvgIpc) is 2.29. The van der Waals surface area contributed by atoms with Crippen molar-refractivity contribution >= 4 is 5.78 Å². The maximum atomic E-state index is 11.8. The zero-order valence-corrected chi connectivity index (χ0v) is 10.7. The summed E-state index contributed by atoms with van der Waals surface area (Å²) in [7, 11) is 0. The Morgan fingerprint density at radius 3 is 2.38 bits per heavy atom. The van der Waals surface area contributed by atoms with Crippen molar-refractivity contribution in [2.75, 3.05) is 19.6 Å². The number of Topliss-reactive ketones (excluding diaryl/α,β-unsaturated/α-hetero) is 1. The lowest BCUT2D eigenvalue weighted by Gasteiger charge is -2.29. The van der Waals surface area contributed by atoms with E-state index in [9.17, 15) is 4.79 Å². The molecule has 1 fully saturated rings. The van der Waals surface area contributed by atoms with Gasteiger partial charge in [-0.2, -0.15) is 0 Å². The molecular formula is C13H26N2O. The molecule has 0 unspecified atom stereocenters. The van der Waals surface area contributed by atoms with Crippen molar-refractivity contribution in [1.29, 1.82) is 0 Å². The smallest absolute Gasteiger partial charge is 0.147 e. The molecule has 0 amide bonds. The molecule has 0 radical (unpaired) electrons. The van der Waals surface area contributed by atoms with Gasteiger partial charge in [-0.3, -0.25) is 9.69 Å². The molecule has 0 aromatic carbocycles. The fourth-order valence-corrected chi connectivity index (χ4v) is 2.32. The van der Waals surface area contributed by atoms with Gasteiger partial charge in [-0.1, -0.05) is 26.7 Å². The van der Waals surface area contributed by atoms with E-state index in [1.807, 2.05) is 0 Å². The van der Waals surface area contributed by atoms with E-state index in [1.54, 1.807) is 0 Å². The topological polar surface area (TPSA) is 46.3 Å². The molecule has 1 saturated heterocycles. The van der Waals surface area contributed by atoms with Crippen LogP contribution in [-0.4, -0.2) is 36.4 Å². The first-order valence-corrected chi connectivity index (χ1v) is 6.65. The molecule has 16 heavy (non-hydrogen) atoms. The van der Waals surface area contributed by atoms with Crippen LogP contribution in [0.2, 0.25) is 0 Å². The minimum Gasteiger partial charge on any atom is -0.328 e. The number of ketones is 1. The summed E-state index contributed by atoms with van der Waals surface area (Å²) in [5, 5.41) is 0. The molecule has 0 atom stereocenters. The van der Waals surface area contributed by atoms with Crippen LogP contribution in [0.15, 0.2) is 0 Å². The fraction of sp³-hybridized carbons (Fsp3) is 0.923. The lowest BCUT2D eigenvalue weighted by Crippen LogP contribution is -2.42. The van der Waals surface area contributed by atoms with Crippen molar-refractivity contribution in [2.45, 2.75) is 52.0 Å². The molecule has 0 aromatic heterocycles. The Morgan fingerprint density at radius 2 is 1.88 bits per heavy atom. The summed E-state index contributed by atoms with van der Waals surface area (Å²) in [6.45, 7) is 6.97. The van der Waals surface area contributed by atoms with Gasteiger partial charge in [-0.15, -0.1) is 0 Å². The van der Waals surface area contributed by atoms with E-state index in [4.69, 9.17) is 5.73 Å². The molecule has 2 N–H and O–H groups in total. The molecule has 0 bridgehead atoms. The summed E-state index contributed by atoms with van der Waals surface area (Å²) in [5.74, 6) is 0.990. The molecule has 1 aliphatic rings. The molecule has 94 valence electrons. The van der Waals surface area contributed by atoms with E-state index < -0.39 is 0 Å². The first-order chi connectivity index (χ1) is 7.65. The van der Waals surface area contributed by atoms with Crippen molar-refractivity contribution in [3.63, 3.8) is 0 Å². The van der Waals surface area contributed by atoms with Gasteiger partial charge >= 0.3 is 0 Å². The van der Waals surface area contributed by atoms with Crippen molar-refractivity contribution < 1.29 is 4.79 Å². The number of hydrogen-bond acceptors (Lipinski definition) is 3. The highest BCUT2D eigenvalue weighted by Crippen LogP contribution is 2.14. The van der Waals surface area contributed by atoms with Gasteiger partial charge in [0.1, 0.15) is 5.78 Å². The third-order valence-corrected chi connectivity index (χ3v) is 3.70. The maximum Gasteiger partial charge on any atom is 0.147 e. The molecule has 3 nitrogen and oxygen atoms in total. The Morgan fingerprint density at radius 1 is 1.31 bits per heavy atom. The van der Waals surface area contributed by atoms with E-state index >= 15 is 0 Å². The van der Waals surface area contributed by atoms with Gasteiger partial charge in [0.05, 0.1) is 6.54 Å². The highest BCUT2D eigenvalue weighted by molar-refractivity contribution is 5.80. The van der Waals surface area contributed by atoms with E-state index in [0.717, 1.165) is 45.2 Å². The predicted octanol–water partition coefficient (Wildman–Crippen LogP) is 1.80. The van der Waals surface area contributed by atoms with Gasteiger partial charge < -0.3 is 5.73 Å². The average molecular weight is 226 g/mol. The molecule has 1 heterocycles. The zero-order valence-electron chi connectivity index (χ0n) is 10.7. The summed E-state index contributed by atoms with van der Waals surface area (Å²) >= 11 is 0. The third-order valence-electron chi connectivity index (χ3n) is 3.70. The summed E-state index contributed by atoms with van der Waals surface area (Å²) in [5.41, 5.74) is 5.84. The lowest BCUT2D eigenvalue weighted by atomic mass is 9.96. The summed E-state index contributed by atoms with van der Waals surface area (Å²) in [6, 6.07) is 0.352. The van der Waals surface area contributed by atoms with Crippen LogP contribution in [0.3, 0.4) is 0 Å². The fourth-order valence-electron chi connectivity index (χ4n) is 2.32. The van der Waals surface area contributed by atoms with Gasteiger partial charge in [0.15, 0.2) is 0 Å². The quantitative estimate of drug-likeness (QED) is 0.751. The predicted molar refractivity (Wildman–Crippen MR) is 67.3 cm³/mol. The van der Waals surface area contributed by atoms with Crippen LogP contribution in [0.1, 0.15) is 46.0 Å². The number of hydrogen-bond donors (Lipinski definition) is 1. The standard InChI is InChI=1S/C13H26N2O/c1-3-11(4-2)9-13(16)10-15-7-5-12(14)6-8-15/h11-12H,3-10,14H2,1-2H3. The van der Waals surface area contributed by atoms with Crippen molar-refractivity contribution in [2.24, 2.45) is 11.7 Å². The van der Waals surface area contributed by atoms with Crippen LogP contribution < -0.4 is 5.73 Å². The molecule has 3 heteroatoms. The molecule has 1 aliphatic heterocycles. The second kappa shape index (κ2) is 7.02. The van der Waals surface area contributed by atoms with Gasteiger partial charge in [-0.25, -0.2) is 0 Å². The van der Waals surface area contributed by atoms with Gasteiger partial charge in [0.2, 0.25) is 0 Å². The van der Waals surface area contributed by atoms with E-state index in [1.165, 1.54) is 0 Å². The van der Waals surface area contributed by atoms with Gasteiger partial charge in [-0.05, 0) is 18.8 Å². The minimum absolute atomic E-state index is 0.352. The van der Waals surface area contributed by atoms with Crippen LogP contribution in [0, 0.1) is 5.92 Å². The first-order valence-electron chi connectivity index (χ1n) is 6.65. The van der Waals surface area contributed by atoms with Crippen LogP contribution >= 0.6 is 0 Å². The van der Waals surface area contributed by atoms with Crippen LogP contribution in [0.25, 0.3) is 0 Å². The second-order valence-corrected chi connectivity index (χ2v) is 5.04. The zero-order chi connectivity index (χ0) is 12.0.